The van der Waals surface area contributed by atoms with E-state index in [2.05, 4.69) is 18.7 Å². The van der Waals surface area contributed by atoms with E-state index in [4.69, 9.17) is 10.0 Å². The fourth-order valence-electron chi connectivity index (χ4n) is 3.11. The molecule has 0 radical (unpaired) electrons. The van der Waals surface area contributed by atoms with E-state index in [0.29, 0.717) is 5.46 Å². The zero-order chi connectivity index (χ0) is 15.2. The Balaban J connectivity index is 1.99. The summed E-state index contributed by atoms with van der Waals surface area (Å²) in [7, 11) is -1.37. The third kappa shape index (κ3) is 5.13. The summed E-state index contributed by atoms with van der Waals surface area (Å²) >= 11 is 0. The second-order valence-corrected chi connectivity index (χ2v) is 6.71. The van der Waals surface area contributed by atoms with E-state index in [1.54, 1.807) is 0 Å². The van der Waals surface area contributed by atoms with Crippen LogP contribution in [0.2, 0.25) is 0 Å². The largest absolute Gasteiger partial charge is 0.488 e. The van der Waals surface area contributed by atoms with Gasteiger partial charge in [0, 0.05) is 12.6 Å². The number of hydrogen-bond donors (Lipinski definition) is 2. The molecule has 0 spiro atoms. The van der Waals surface area contributed by atoms with Gasteiger partial charge in [0.15, 0.2) is 0 Å². The molecule has 4 heteroatoms. The summed E-state index contributed by atoms with van der Waals surface area (Å²) < 4.78 is 0. The molecule has 1 aliphatic rings. The molecule has 2 rings (SSSR count). The minimum atomic E-state index is -1.37. The van der Waals surface area contributed by atoms with Crippen molar-refractivity contribution < 1.29 is 10.0 Å². The highest BCUT2D eigenvalue weighted by molar-refractivity contribution is 6.58. The molecule has 1 aromatic rings. The van der Waals surface area contributed by atoms with Gasteiger partial charge in [0.25, 0.3) is 0 Å². The predicted octanol–water partition coefficient (Wildman–Crippen LogP) is 2.16. The van der Waals surface area contributed by atoms with Crippen molar-refractivity contribution in [2.24, 2.45) is 5.92 Å². The van der Waals surface area contributed by atoms with Crippen molar-refractivity contribution >= 4 is 12.6 Å². The van der Waals surface area contributed by atoms with Crippen LogP contribution in [-0.2, 0) is 6.54 Å². The Morgan fingerprint density at radius 2 is 1.76 bits per heavy atom. The van der Waals surface area contributed by atoms with E-state index in [1.165, 1.54) is 37.7 Å². The van der Waals surface area contributed by atoms with Gasteiger partial charge in [-0.05, 0) is 42.8 Å². The summed E-state index contributed by atoms with van der Waals surface area (Å²) in [5, 5.41) is 18.3. The highest BCUT2D eigenvalue weighted by Crippen LogP contribution is 2.25. The van der Waals surface area contributed by atoms with Crippen molar-refractivity contribution in [2.75, 3.05) is 6.54 Å². The molecule has 1 aromatic carbocycles. The lowest BCUT2D eigenvalue weighted by Gasteiger charge is -2.29. The minimum absolute atomic E-state index is 0.563. The molecule has 0 saturated heterocycles. The normalized spacial score (nSPS) is 16.1. The first-order valence-corrected chi connectivity index (χ1v) is 8.25. The topological polar surface area (TPSA) is 43.7 Å². The Bertz CT molecular complexity index is 413. The molecule has 116 valence electrons. The van der Waals surface area contributed by atoms with Crippen LogP contribution in [-0.4, -0.2) is 34.7 Å². The summed E-state index contributed by atoms with van der Waals surface area (Å²) in [6.07, 6.45) is 6.61. The number of nitrogens with zero attached hydrogens (tertiary/aromatic N) is 1. The second kappa shape index (κ2) is 7.97. The van der Waals surface area contributed by atoms with E-state index in [9.17, 15) is 0 Å². The molecule has 0 aliphatic heterocycles. The van der Waals surface area contributed by atoms with Crippen molar-refractivity contribution in [3.05, 3.63) is 29.8 Å². The Hall–Kier alpha value is -0.835. The van der Waals surface area contributed by atoms with Crippen LogP contribution in [0.3, 0.4) is 0 Å². The fraction of sp³-hybridized carbons (Fsp3) is 0.647. The zero-order valence-corrected chi connectivity index (χ0v) is 13.3. The van der Waals surface area contributed by atoms with Gasteiger partial charge in [-0.25, -0.2) is 0 Å². The third-order valence-electron chi connectivity index (χ3n) is 4.50. The van der Waals surface area contributed by atoms with Gasteiger partial charge in [0.2, 0.25) is 0 Å². The lowest BCUT2D eigenvalue weighted by atomic mass is 9.80. The van der Waals surface area contributed by atoms with Gasteiger partial charge in [0.1, 0.15) is 0 Å². The highest BCUT2D eigenvalue weighted by Gasteiger charge is 2.22. The zero-order valence-electron chi connectivity index (χ0n) is 13.3. The number of hydrogen-bond acceptors (Lipinski definition) is 3. The summed E-state index contributed by atoms with van der Waals surface area (Å²) in [5.41, 5.74) is 1.82. The maximum absolute atomic E-state index is 9.16. The van der Waals surface area contributed by atoms with E-state index >= 15 is 0 Å². The quantitative estimate of drug-likeness (QED) is 0.756. The molecule has 21 heavy (non-hydrogen) atoms. The molecular weight excluding hydrogens is 261 g/mol. The van der Waals surface area contributed by atoms with Crippen molar-refractivity contribution in [3.8, 4) is 0 Å². The molecule has 0 unspecified atom stereocenters. The van der Waals surface area contributed by atoms with Gasteiger partial charge in [-0.2, -0.15) is 0 Å². The SMILES string of the molecule is CC(C)CCN(Cc1ccc(B(O)O)cc1)C1CCCC1. The van der Waals surface area contributed by atoms with E-state index in [-0.39, 0.29) is 0 Å². The summed E-state index contributed by atoms with van der Waals surface area (Å²) in [6.45, 7) is 6.69. The molecule has 1 saturated carbocycles. The van der Waals surface area contributed by atoms with Crippen LogP contribution >= 0.6 is 0 Å². The van der Waals surface area contributed by atoms with Gasteiger partial charge in [-0.3, -0.25) is 4.90 Å². The number of rotatable bonds is 7. The average molecular weight is 289 g/mol. The van der Waals surface area contributed by atoms with Crippen LogP contribution in [0.4, 0.5) is 0 Å². The first-order chi connectivity index (χ1) is 10.1. The van der Waals surface area contributed by atoms with E-state index in [1.807, 2.05) is 24.3 Å². The van der Waals surface area contributed by atoms with Crippen LogP contribution in [0.25, 0.3) is 0 Å². The Labute approximate surface area is 129 Å². The van der Waals surface area contributed by atoms with Crippen LogP contribution < -0.4 is 5.46 Å². The maximum Gasteiger partial charge on any atom is 0.488 e. The van der Waals surface area contributed by atoms with Crippen molar-refractivity contribution in [2.45, 2.75) is 58.5 Å². The van der Waals surface area contributed by atoms with Crippen molar-refractivity contribution in [1.82, 2.24) is 4.90 Å². The maximum atomic E-state index is 9.16. The molecule has 0 heterocycles. The summed E-state index contributed by atoms with van der Waals surface area (Å²) in [5.74, 6) is 0.737. The van der Waals surface area contributed by atoms with Gasteiger partial charge >= 0.3 is 7.12 Å². The van der Waals surface area contributed by atoms with Crippen LogP contribution in [0.5, 0.6) is 0 Å². The molecule has 0 atom stereocenters. The Morgan fingerprint density at radius 3 is 2.29 bits per heavy atom. The predicted molar refractivity (Wildman–Crippen MR) is 88.4 cm³/mol. The van der Waals surface area contributed by atoms with Crippen molar-refractivity contribution in [3.63, 3.8) is 0 Å². The van der Waals surface area contributed by atoms with E-state index in [0.717, 1.165) is 25.0 Å². The molecule has 2 N–H and O–H groups in total. The van der Waals surface area contributed by atoms with Gasteiger partial charge in [-0.15, -0.1) is 0 Å². The second-order valence-electron chi connectivity index (χ2n) is 6.71. The van der Waals surface area contributed by atoms with Crippen molar-refractivity contribution in [1.29, 1.82) is 0 Å². The molecule has 1 fully saturated rings. The smallest absolute Gasteiger partial charge is 0.423 e. The minimum Gasteiger partial charge on any atom is -0.423 e. The Kier molecular flexibility index (Phi) is 6.28. The fourth-order valence-corrected chi connectivity index (χ4v) is 3.11. The number of benzene rings is 1. The molecule has 0 bridgehead atoms. The van der Waals surface area contributed by atoms with Crippen LogP contribution in [0.15, 0.2) is 24.3 Å². The lowest BCUT2D eigenvalue weighted by molar-refractivity contribution is 0.179. The first-order valence-electron chi connectivity index (χ1n) is 8.25. The van der Waals surface area contributed by atoms with Gasteiger partial charge in [-0.1, -0.05) is 51.0 Å². The highest BCUT2D eigenvalue weighted by atomic mass is 16.4. The molecule has 3 nitrogen and oxygen atoms in total. The standard InChI is InChI=1S/C17H28BNO2/c1-14(2)11-12-19(17-5-3-4-6-17)13-15-7-9-16(10-8-15)18(20)21/h7-10,14,17,20-21H,3-6,11-13H2,1-2H3. The van der Waals surface area contributed by atoms with Crippen LogP contribution in [0, 0.1) is 5.92 Å². The van der Waals surface area contributed by atoms with Crippen LogP contribution in [0.1, 0.15) is 51.5 Å². The molecular formula is C17H28BNO2. The third-order valence-corrected chi connectivity index (χ3v) is 4.50. The Morgan fingerprint density at radius 1 is 1.14 bits per heavy atom. The monoisotopic (exact) mass is 289 g/mol. The summed E-state index contributed by atoms with van der Waals surface area (Å²) in [4.78, 5) is 2.62. The molecule has 1 aliphatic carbocycles. The van der Waals surface area contributed by atoms with Gasteiger partial charge in [0.05, 0.1) is 0 Å². The molecule has 0 aromatic heterocycles. The van der Waals surface area contributed by atoms with E-state index < -0.39 is 7.12 Å². The summed E-state index contributed by atoms with van der Waals surface area (Å²) in [6, 6.07) is 8.40. The molecule has 0 amide bonds. The van der Waals surface area contributed by atoms with Gasteiger partial charge < -0.3 is 10.0 Å². The first kappa shape index (κ1) is 16.5. The lowest BCUT2D eigenvalue weighted by Crippen LogP contribution is -2.34. The average Bonchev–Trinajstić information content (AvgIpc) is 2.97.